The normalized spacial score (nSPS) is 12.9. The van der Waals surface area contributed by atoms with Crippen molar-refractivity contribution in [2.45, 2.75) is 32.6 Å². The lowest BCUT2D eigenvalue weighted by Gasteiger charge is -2.09. The van der Waals surface area contributed by atoms with Crippen LogP contribution in [0.4, 0.5) is 5.00 Å². The number of carbonyl (C=O) groups is 2. The Morgan fingerprint density at radius 2 is 2.14 bits per heavy atom. The average Bonchev–Trinajstić information content (AvgIpc) is 3.07. The zero-order chi connectivity index (χ0) is 20.8. The Morgan fingerprint density at radius 1 is 1.34 bits per heavy atom. The summed E-state index contributed by atoms with van der Waals surface area (Å²) in [5.41, 5.74) is 4.36. The number of hydrogen-bond donors (Lipinski definition) is 2. The quantitative estimate of drug-likeness (QED) is 0.391. The third-order valence-electron chi connectivity index (χ3n) is 4.36. The van der Waals surface area contributed by atoms with Gasteiger partial charge < -0.3 is 10.1 Å². The molecule has 9 heteroatoms. The van der Waals surface area contributed by atoms with Crippen LogP contribution in [0.2, 0.25) is 0 Å². The summed E-state index contributed by atoms with van der Waals surface area (Å²) >= 11 is 4.77. The molecule has 0 aliphatic heterocycles. The summed E-state index contributed by atoms with van der Waals surface area (Å²) in [7, 11) is 0. The fourth-order valence-electron chi connectivity index (χ4n) is 3.02. The Morgan fingerprint density at radius 3 is 2.90 bits per heavy atom. The molecule has 0 atom stereocenters. The molecule has 3 rings (SSSR count). The maximum absolute atomic E-state index is 12.2. The third kappa shape index (κ3) is 5.02. The number of hydrazone groups is 1. The Kier molecular flexibility index (Phi) is 7.01. The molecule has 0 fully saturated rings. The van der Waals surface area contributed by atoms with Crippen LogP contribution in [0.15, 0.2) is 27.8 Å². The fraction of sp³-hybridized carbons (Fsp3) is 0.300. The van der Waals surface area contributed by atoms with Crippen molar-refractivity contribution >= 4 is 50.3 Å². The van der Waals surface area contributed by atoms with E-state index < -0.39 is 11.8 Å². The van der Waals surface area contributed by atoms with Crippen LogP contribution in [0.3, 0.4) is 0 Å². The molecule has 2 amide bonds. The minimum atomic E-state index is -0.909. The second-order valence-corrected chi connectivity index (χ2v) is 8.26. The van der Waals surface area contributed by atoms with E-state index in [4.69, 9.17) is 4.74 Å². The van der Waals surface area contributed by atoms with Crippen LogP contribution in [0.5, 0.6) is 5.75 Å². The molecular weight excluding hydrogens is 456 g/mol. The standard InChI is InChI=1S/C20H19BrN4O3S/c1-2-28-13-7-8-16(21)12(9-13)11-23-25-19(27)18(26)24-20-15(10-22)14-5-3-4-6-17(14)29-20/h7-9,11H,2-6H2,1H3,(H,24,26)(H,25,27). The molecule has 7 nitrogen and oxygen atoms in total. The first-order chi connectivity index (χ1) is 14.0. The minimum Gasteiger partial charge on any atom is -0.494 e. The molecule has 1 aromatic heterocycles. The summed E-state index contributed by atoms with van der Waals surface area (Å²) in [6.45, 7) is 2.42. The fourth-order valence-corrected chi connectivity index (χ4v) is 4.60. The van der Waals surface area contributed by atoms with E-state index >= 15 is 0 Å². The van der Waals surface area contributed by atoms with Gasteiger partial charge in [-0.1, -0.05) is 15.9 Å². The summed E-state index contributed by atoms with van der Waals surface area (Å²) in [6, 6.07) is 7.53. The number of anilines is 1. The van der Waals surface area contributed by atoms with Crippen molar-refractivity contribution in [3.8, 4) is 11.8 Å². The van der Waals surface area contributed by atoms with Gasteiger partial charge in [0.25, 0.3) is 0 Å². The molecule has 1 aromatic carbocycles. The molecule has 1 heterocycles. The van der Waals surface area contributed by atoms with Crippen LogP contribution in [-0.4, -0.2) is 24.6 Å². The number of amides is 2. The van der Waals surface area contributed by atoms with Gasteiger partial charge in [0.15, 0.2) is 0 Å². The predicted molar refractivity (Wildman–Crippen MR) is 115 cm³/mol. The van der Waals surface area contributed by atoms with E-state index in [1.807, 2.05) is 19.1 Å². The molecule has 1 aliphatic carbocycles. The number of halogens is 1. The van der Waals surface area contributed by atoms with Gasteiger partial charge in [-0.2, -0.15) is 10.4 Å². The van der Waals surface area contributed by atoms with Gasteiger partial charge >= 0.3 is 11.8 Å². The van der Waals surface area contributed by atoms with Crippen LogP contribution in [0.25, 0.3) is 0 Å². The number of nitriles is 1. The lowest BCUT2D eigenvalue weighted by molar-refractivity contribution is -0.136. The number of ether oxygens (including phenoxy) is 1. The SMILES string of the molecule is CCOc1ccc(Br)c(C=NNC(=O)C(=O)Nc2sc3c(c2C#N)CCCC3)c1. The number of nitrogens with zero attached hydrogens (tertiary/aromatic N) is 2. The molecule has 0 spiro atoms. The molecule has 1 aliphatic rings. The van der Waals surface area contributed by atoms with Crippen LogP contribution in [-0.2, 0) is 22.4 Å². The summed E-state index contributed by atoms with van der Waals surface area (Å²) in [4.78, 5) is 25.4. The van der Waals surface area contributed by atoms with E-state index in [9.17, 15) is 14.9 Å². The highest BCUT2D eigenvalue weighted by Gasteiger charge is 2.23. The highest BCUT2D eigenvalue weighted by Crippen LogP contribution is 2.37. The van der Waals surface area contributed by atoms with Crippen molar-refractivity contribution in [1.82, 2.24) is 5.43 Å². The smallest absolute Gasteiger partial charge is 0.329 e. The van der Waals surface area contributed by atoms with E-state index in [1.165, 1.54) is 17.6 Å². The summed E-state index contributed by atoms with van der Waals surface area (Å²) < 4.78 is 6.20. The Labute approximate surface area is 180 Å². The first kappa shape index (κ1) is 21.0. The van der Waals surface area contributed by atoms with Crippen LogP contribution in [0.1, 0.15) is 41.3 Å². The van der Waals surface area contributed by atoms with Crippen molar-refractivity contribution in [2.75, 3.05) is 11.9 Å². The van der Waals surface area contributed by atoms with E-state index in [0.717, 1.165) is 40.6 Å². The van der Waals surface area contributed by atoms with Gasteiger partial charge in [-0.25, -0.2) is 5.43 Å². The Balaban J connectivity index is 1.64. The number of thiophene rings is 1. The molecule has 29 heavy (non-hydrogen) atoms. The van der Waals surface area contributed by atoms with Crippen molar-refractivity contribution in [2.24, 2.45) is 5.10 Å². The molecule has 150 valence electrons. The Bertz CT molecular complexity index is 1010. The zero-order valence-electron chi connectivity index (χ0n) is 15.8. The molecular formula is C20H19BrN4O3S. The average molecular weight is 475 g/mol. The van der Waals surface area contributed by atoms with Gasteiger partial charge in [0.1, 0.15) is 16.8 Å². The van der Waals surface area contributed by atoms with Gasteiger partial charge in [-0.15, -0.1) is 11.3 Å². The number of fused-ring (bicyclic) bond motifs is 1. The topological polar surface area (TPSA) is 104 Å². The van der Waals surface area contributed by atoms with Gasteiger partial charge in [0, 0.05) is 14.9 Å². The van der Waals surface area contributed by atoms with Gasteiger partial charge in [0.05, 0.1) is 18.4 Å². The largest absolute Gasteiger partial charge is 0.494 e. The first-order valence-electron chi connectivity index (χ1n) is 9.14. The van der Waals surface area contributed by atoms with Crippen molar-refractivity contribution < 1.29 is 14.3 Å². The lowest BCUT2D eigenvalue weighted by Crippen LogP contribution is -2.32. The maximum atomic E-state index is 12.2. The van der Waals surface area contributed by atoms with Crippen LogP contribution >= 0.6 is 27.3 Å². The van der Waals surface area contributed by atoms with Gasteiger partial charge in [-0.05, 0) is 56.4 Å². The van der Waals surface area contributed by atoms with E-state index in [-0.39, 0.29) is 0 Å². The van der Waals surface area contributed by atoms with E-state index in [2.05, 4.69) is 37.8 Å². The van der Waals surface area contributed by atoms with Gasteiger partial charge in [0.2, 0.25) is 0 Å². The summed E-state index contributed by atoms with van der Waals surface area (Å²) in [5.74, 6) is -1.10. The second-order valence-electron chi connectivity index (χ2n) is 6.30. The van der Waals surface area contributed by atoms with Crippen molar-refractivity contribution in [1.29, 1.82) is 5.26 Å². The minimum absolute atomic E-state index is 0.427. The molecule has 0 radical (unpaired) electrons. The van der Waals surface area contributed by atoms with Gasteiger partial charge in [-0.3, -0.25) is 9.59 Å². The highest BCUT2D eigenvalue weighted by molar-refractivity contribution is 9.10. The van der Waals surface area contributed by atoms with E-state index in [0.29, 0.717) is 28.5 Å². The van der Waals surface area contributed by atoms with Crippen LogP contribution in [0, 0.1) is 11.3 Å². The van der Waals surface area contributed by atoms with Crippen molar-refractivity contribution in [3.63, 3.8) is 0 Å². The lowest BCUT2D eigenvalue weighted by atomic mass is 9.96. The van der Waals surface area contributed by atoms with E-state index in [1.54, 1.807) is 6.07 Å². The summed E-state index contributed by atoms with van der Waals surface area (Å²) in [5, 5.41) is 16.2. The third-order valence-corrected chi connectivity index (χ3v) is 6.29. The zero-order valence-corrected chi connectivity index (χ0v) is 18.2. The number of hydrogen-bond acceptors (Lipinski definition) is 6. The molecule has 0 bridgehead atoms. The summed E-state index contributed by atoms with van der Waals surface area (Å²) in [6.07, 6.45) is 5.25. The molecule has 0 unspecified atom stereocenters. The number of rotatable bonds is 5. The number of nitrogens with one attached hydrogen (secondary N) is 2. The highest BCUT2D eigenvalue weighted by atomic mass is 79.9. The predicted octanol–water partition coefficient (Wildman–Crippen LogP) is 3.75. The molecule has 0 saturated heterocycles. The Hall–Kier alpha value is -2.70. The first-order valence-corrected chi connectivity index (χ1v) is 10.8. The monoisotopic (exact) mass is 474 g/mol. The molecule has 2 N–H and O–H groups in total. The number of carbonyl (C=O) groups excluding carboxylic acids is 2. The number of aryl methyl sites for hydroxylation is 1. The second kappa shape index (κ2) is 9.67. The molecule has 2 aromatic rings. The van der Waals surface area contributed by atoms with Crippen molar-refractivity contribution in [3.05, 3.63) is 44.2 Å². The molecule has 0 saturated carbocycles. The number of benzene rings is 1. The maximum Gasteiger partial charge on any atom is 0.329 e. The van der Waals surface area contributed by atoms with Crippen LogP contribution < -0.4 is 15.5 Å².